The summed E-state index contributed by atoms with van der Waals surface area (Å²) in [6, 6.07) is 14.1. The van der Waals surface area contributed by atoms with Crippen molar-refractivity contribution in [2.45, 2.75) is 23.5 Å². The Bertz CT molecular complexity index is 1230. The highest BCUT2D eigenvalue weighted by molar-refractivity contribution is 7.99. The van der Waals surface area contributed by atoms with Gasteiger partial charge in [0.1, 0.15) is 5.56 Å². The topological polar surface area (TPSA) is 54.8 Å². The van der Waals surface area contributed by atoms with Crippen molar-refractivity contribution in [2.24, 2.45) is 0 Å². The van der Waals surface area contributed by atoms with Crippen molar-refractivity contribution < 1.29 is 9.53 Å². The minimum Gasteiger partial charge on any atom is -0.383 e. The molecule has 0 bridgehead atoms. The fraction of sp³-hybridized carbons (Fsp3) is 0.385. The summed E-state index contributed by atoms with van der Waals surface area (Å²) in [6.07, 6.45) is 0.631. The number of aryl methyl sites for hydroxylation is 1. The number of rotatable bonds is 5. The second-order valence-corrected chi connectivity index (χ2v) is 11.0. The Kier molecular flexibility index (Phi) is 6.92. The van der Waals surface area contributed by atoms with E-state index in [0.29, 0.717) is 31.7 Å². The molecule has 34 heavy (non-hydrogen) atoms. The van der Waals surface area contributed by atoms with Crippen LogP contribution in [-0.4, -0.2) is 66.7 Å². The predicted octanol–water partition coefficient (Wildman–Crippen LogP) is 4.00. The summed E-state index contributed by atoms with van der Waals surface area (Å²) in [5.74, 6) is -0.144. The number of carbonyl (C=O) groups excluding carboxylic acids is 1. The molecular weight excluding hydrogens is 466 g/mol. The van der Waals surface area contributed by atoms with Crippen molar-refractivity contribution >= 4 is 29.0 Å². The number of carbonyl (C=O) groups is 1. The smallest absolute Gasteiger partial charge is 0.259 e. The van der Waals surface area contributed by atoms with Gasteiger partial charge < -0.3 is 14.2 Å². The standard InChI is InChI=1S/C26H29N3O3S2/c1-18-16-21(30)25(26(31)28-11-9-27(10-12-28)13-14-32-2)20-17-24(23-8-5-15-33-23)34-22-7-4-3-6-19(22)29(18)20/h3-8,15-16,24H,9-14,17H2,1-2H3/t24-/m1/s1. The van der Waals surface area contributed by atoms with E-state index in [4.69, 9.17) is 4.74 Å². The van der Waals surface area contributed by atoms with E-state index in [1.807, 2.05) is 29.7 Å². The number of thioether (sulfide) groups is 1. The van der Waals surface area contributed by atoms with Gasteiger partial charge >= 0.3 is 0 Å². The maximum absolute atomic E-state index is 13.8. The van der Waals surface area contributed by atoms with Crippen LogP contribution in [0.3, 0.4) is 0 Å². The van der Waals surface area contributed by atoms with Gasteiger partial charge in [-0.3, -0.25) is 14.5 Å². The molecule has 1 amide bonds. The molecule has 2 aliphatic rings. The molecule has 1 aromatic carbocycles. The number of aromatic nitrogens is 1. The highest BCUT2D eigenvalue weighted by Crippen LogP contribution is 2.45. The van der Waals surface area contributed by atoms with Crippen LogP contribution >= 0.6 is 23.1 Å². The second kappa shape index (κ2) is 10.1. The number of pyridine rings is 1. The third-order valence-electron chi connectivity index (χ3n) is 6.60. The molecule has 1 atom stereocenters. The van der Waals surface area contributed by atoms with Crippen molar-refractivity contribution in [3.05, 3.63) is 79.9 Å². The molecule has 2 aromatic heterocycles. The van der Waals surface area contributed by atoms with Crippen molar-refractivity contribution in [3.63, 3.8) is 0 Å². The van der Waals surface area contributed by atoms with Crippen molar-refractivity contribution in [1.82, 2.24) is 14.4 Å². The lowest BCUT2D eigenvalue weighted by atomic mass is 10.0. The Morgan fingerprint density at radius 3 is 2.65 bits per heavy atom. The van der Waals surface area contributed by atoms with Gasteiger partial charge in [0.05, 0.1) is 12.3 Å². The fourth-order valence-corrected chi connectivity index (χ4v) is 7.05. The molecule has 2 aliphatic heterocycles. The number of fused-ring (bicyclic) bond motifs is 3. The first kappa shape index (κ1) is 23.4. The van der Waals surface area contributed by atoms with E-state index in [2.05, 4.69) is 45.2 Å². The number of piperazine rings is 1. The van der Waals surface area contributed by atoms with Gasteiger partial charge in [-0.15, -0.1) is 23.1 Å². The van der Waals surface area contributed by atoms with Crippen molar-refractivity contribution in [1.29, 1.82) is 0 Å². The van der Waals surface area contributed by atoms with Crippen LogP contribution in [0.2, 0.25) is 0 Å². The van der Waals surface area contributed by atoms with Crippen LogP contribution in [0.25, 0.3) is 5.69 Å². The van der Waals surface area contributed by atoms with Crippen LogP contribution in [0.15, 0.2) is 57.5 Å². The molecule has 178 valence electrons. The molecule has 6 nitrogen and oxygen atoms in total. The second-order valence-electron chi connectivity index (χ2n) is 8.73. The van der Waals surface area contributed by atoms with Gasteiger partial charge in [0.25, 0.3) is 5.91 Å². The minimum absolute atomic E-state index is 0.144. The average molecular weight is 496 g/mol. The van der Waals surface area contributed by atoms with Crippen LogP contribution in [0.1, 0.15) is 31.9 Å². The summed E-state index contributed by atoms with van der Waals surface area (Å²) in [4.78, 5) is 33.7. The average Bonchev–Trinajstić information content (AvgIpc) is 3.32. The molecular formula is C26H29N3O3S2. The SMILES string of the molecule is COCCN1CCN(C(=O)c2c3n(c(C)cc2=O)-c2ccccc2S[C@@H](c2cccs2)C3)CC1. The van der Waals surface area contributed by atoms with Crippen LogP contribution in [0.4, 0.5) is 0 Å². The van der Waals surface area contributed by atoms with Crippen molar-refractivity contribution in [3.8, 4) is 5.69 Å². The first-order valence-electron chi connectivity index (χ1n) is 11.6. The molecule has 0 N–H and O–H groups in total. The van der Waals surface area contributed by atoms with E-state index in [1.54, 1.807) is 24.5 Å². The number of benzene rings is 1. The first-order valence-corrected chi connectivity index (χ1v) is 13.4. The zero-order valence-corrected chi connectivity index (χ0v) is 21.2. The summed E-state index contributed by atoms with van der Waals surface area (Å²) in [5, 5.41) is 2.24. The van der Waals surface area contributed by atoms with Gasteiger partial charge in [-0.25, -0.2) is 0 Å². The van der Waals surface area contributed by atoms with Crippen LogP contribution in [0, 0.1) is 6.92 Å². The number of ether oxygens (including phenoxy) is 1. The normalized spacial score (nSPS) is 18.3. The van der Waals surface area contributed by atoms with Gasteiger partial charge in [0.2, 0.25) is 0 Å². The largest absolute Gasteiger partial charge is 0.383 e. The number of thiophene rings is 1. The summed E-state index contributed by atoms with van der Waals surface area (Å²) in [6.45, 7) is 6.33. The van der Waals surface area contributed by atoms with E-state index in [1.165, 1.54) is 4.88 Å². The lowest BCUT2D eigenvalue weighted by Gasteiger charge is -2.35. The monoisotopic (exact) mass is 495 g/mol. The minimum atomic E-state index is -0.176. The predicted molar refractivity (Wildman–Crippen MR) is 138 cm³/mol. The maximum atomic E-state index is 13.8. The van der Waals surface area contributed by atoms with Crippen LogP contribution in [-0.2, 0) is 11.2 Å². The fourth-order valence-electron chi connectivity index (χ4n) is 4.85. The summed E-state index contributed by atoms with van der Waals surface area (Å²) < 4.78 is 7.33. The molecule has 0 spiro atoms. The Hall–Kier alpha value is -2.39. The molecule has 0 radical (unpaired) electrons. The summed E-state index contributed by atoms with van der Waals surface area (Å²) in [5.41, 5.74) is 2.88. The number of para-hydroxylation sites is 1. The number of hydrogen-bond donors (Lipinski definition) is 0. The van der Waals surface area contributed by atoms with Gasteiger partial charge in [-0.05, 0) is 30.5 Å². The summed E-state index contributed by atoms with van der Waals surface area (Å²) >= 11 is 3.54. The van der Waals surface area contributed by atoms with Crippen molar-refractivity contribution in [2.75, 3.05) is 46.4 Å². The highest BCUT2D eigenvalue weighted by atomic mass is 32.2. The molecule has 0 saturated carbocycles. The zero-order valence-electron chi connectivity index (χ0n) is 19.5. The number of amides is 1. The molecule has 1 fully saturated rings. The molecule has 3 aromatic rings. The Labute approximate surface area is 208 Å². The Balaban J connectivity index is 1.56. The van der Waals surface area contributed by atoms with E-state index in [-0.39, 0.29) is 16.6 Å². The van der Waals surface area contributed by atoms with Crippen LogP contribution in [0.5, 0.6) is 0 Å². The molecule has 0 unspecified atom stereocenters. The maximum Gasteiger partial charge on any atom is 0.259 e. The number of hydrogen-bond acceptors (Lipinski definition) is 6. The molecule has 8 heteroatoms. The Morgan fingerprint density at radius 1 is 1.12 bits per heavy atom. The van der Waals surface area contributed by atoms with E-state index < -0.39 is 0 Å². The van der Waals surface area contributed by atoms with Gasteiger partial charge in [-0.2, -0.15) is 0 Å². The molecule has 0 aliphatic carbocycles. The molecule has 4 heterocycles. The van der Waals surface area contributed by atoms with E-state index in [9.17, 15) is 9.59 Å². The van der Waals surface area contributed by atoms with E-state index >= 15 is 0 Å². The highest BCUT2D eigenvalue weighted by Gasteiger charge is 2.32. The zero-order chi connectivity index (χ0) is 23.7. The number of methoxy groups -OCH3 is 1. The lowest BCUT2D eigenvalue weighted by molar-refractivity contribution is 0.0591. The third kappa shape index (κ3) is 4.47. The van der Waals surface area contributed by atoms with Gasteiger partial charge in [0.15, 0.2) is 5.43 Å². The lowest BCUT2D eigenvalue weighted by Crippen LogP contribution is -2.50. The molecule has 5 rings (SSSR count). The van der Waals surface area contributed by atoms with Crippen LogP contribution < -0.4 is 5.43 Å². The molecule has 1 saturated heterocycles. The summed E-state index contributed by atoms with van der Waals surface area (Å²) in [7, 11) is 1.70. The Morgan fingerprint density at radius 2 is 1.91 bits per heavy atom. The first-order chi connectivity index (χ1) is 16.6. The van der Waals surface area contributed by atoms with Gasteiger partial charge in [-0.1, -0.05) is 18.2 Å². The number of nitrogens with zero attached hydrogens (tertiary/aromatic N) is 3. The quantitative estimate of drug-likeness (QED) is 0.536. The van der Waals surface area contributed by atoms with Gasteiger partial charge in [0, 0.05) is 78.7 Å². The third-order valence-corrected chi connectivity index (χ3v) is 9.04. The van der Waals surface area contributed by atoms with E-state index in [0.717, 1.165) is 41.6 Å².